The molecule has 4 N–H and O–H groups in total. The standard InChI is InChI=1S/C34H43N3O5/c1-24(35)32(39)36-31(25(2)42-22-26-10-5-4-6-11-26)33(40)37-18-8-14-29(37)16-17-34(3,23-38)21-27-12-7-13-28(20-27)30-15-9-19-41-30/h4-7,9-13,15-17,19-20,24-25,29,31,38H,8,14,18,21-23,35H2,1-3H3,(H,36,39)/b17-16+/t24-,25+,29-,31-,34-/m0/s1. The fourth-order valence-electron chi connectivity index (χ4n) is 5.26. The van der Waals surface area contributed by atoms with E-state index in [1.807, 2.05) is 79.7 Å². The number of aliphatic hydroxyl groups excluding tert-OH is 1. The van der Waals surface area contributed by atoms with Crippen LogP contribution in [0.2, 0.25) is 0 Å². The van der Waals surface area contributed by atoms with Crippen molar-refractivity contribution in [1.29, 1.82) is 0 Å². The average molecular weight is 574 g/mol. The second-order valence-corrected chi connectivity index (χ2v) is 11.5. The fraction of sp³-hybridized carbons (Fsp3) is 0.412. The van der Waals surface area contributed by atoms with Crippen LogP contribution in [0.5, 0.6) is 0 Å². The number of nitrogens with one attached hydrogen (secondary N) is 1. The molecule has 1 aliphatic rings. The minimum Gasteiger partial charge on any atom is -0.464 e. The summed E-state index contributed by atoms with van der Waals surface area (Å²) in [5.74, 6) is 0.193. The number of benzene rings is 2. The van der Waals surface area contributed by atoms with Crippen molar-refractivity contribution in [2.75, 3.05) is 13.2 Å². The molecule has 0 aliphatic carbocycles. The van der Waals surface area contributed by atoms with Crippen molar-refractivity contribution >= 4 is 11.8 Å². The number of ether oxygens (including phenoxy) is 1. The number of aliphatic hydroxyl groups is 1. The molecule has 0 spiro atoms. The van der Waals surface area contributed by atoms with Gasteiger partial charge in [0.2, 0.25) is 11.8 Å². The first-order valence-corrected chi connectivity index (χ1v) is 14.6. The lowest BCUT2D eigenvalue weighted by molar-refractivity contribution is -0.141. The van der Waals surface area contributed by atoms with Crippen molar-refractivity contribution in [2.45, 2.75) is 70.9 Å². The van der Waals surface area contributed by atoms with Crippen LogP contribution in [-0.2, 0) is 27.4 Å². The van der Waals surface area contributed by atoms with Crippen molar-refractivity contribution in [1.82, 2.24) is 10.2 Å². The van der Waals surface area contributed by atoms with Gasteiger partial charge in [0.25, 0.3) is 0 Å². The van der Waals surface area contributed by atoms with Crippen LogP contribution in [0.3, 0.4) is 0 Å². The highest BCUT2D eigenvalue weighted by Crippen LogP contribution is 2.29. The predicted octanol–water partition coefficient (Wildman–Crippen LogP) is 4.47. The van der Waals surface area contributed by atoms with Crippen LogP contribution in [0.1, 0.15) is 44.7 Å². The van der Waals surface area contributed by atoms with E-state index in [4.69, 9.17) is 14.9 Å². The lowest BCUT2D eigenvalue weighted by Crippen LogP contribution is -2.57. The monoisotopic (exact) mass is 573 g/mol. The Bertz CT molecular complexity index is 1320. The zero-order valence-electron chi connectivity index (χ0n) is 24.7. The molecule has 1 aliphatic heterocycles. The number of furan rings is 1. The topological polar surface area (TPSA) is 118 Å². The Kier molecular flexibility index (Phi) is 10.7. The van der Waals surface area contributed by atoms with E-state index < -0.39 is 29.5 Å². The summed E-state index contributed by atoms with van der Waals surface area (Å²) in [5.41, 5.74) is 8.33. The summed E-state index contributed by atoms with van der Waals surface area (Å²) >= 11 is 0. The molecule has 3 aromatic rings. The number of rotatable bonds is 13. The van der Waals surface area contributed by atoms with Crippen LogP contribution >= 0.6 is 0 Å². The Morgan fingerprint density at radius 1 is 1.14 bits per heavy atom. The van der Waals surface area contributed by atoms with Gasteiger partial charge in [-0.25, -0.2) is 0 Å². The van der Waals surface area contributed by atoms with Gasteiger partial charge in [0.05, 0.1) is 37.7 Å². The summed E-state index contributed by atoms with van der Waals surface area (Å²) < 4.78 is 11.6. The number of nitrogens with two attached hydrogens (primary N) is 1. The van der Waals surface area contributed by atoms with Crippen LogP contribution < -0.4 is 11.1 Å². The van der Waals surface area contributed by atoms with E-state index in [1.54, 1.807) is 25.0 Å². The number of carbonyl (C=O) groups excluding carboxylic acids is 2. The molecule has 4 rings (SSSR count). The number of hydrogen-bond acceptors (Lipinski definition) is 6. The number of hydrogen-bond donors (Lipinski definition) is 3. The van der Waals surface area contributed by atoms with Gasteiger partial charge in [-0.05, 0) is 62.4 Å². The SMILES string of the molecule is C[C@H](N)C(=O)N[C@H](C(=O)N1CCC[C@H]1/C=C/[C@](C)(CO)Cc1cccc(-c2ccco2)c1)[C@@H](C)OCc1ccccc1. The highest BCUT2D eigenvalue weighted by atomic mass is 16.5. The molecule has 0 saturated carbocycles. The number of nitrogens with zero attached hydrogens (tertiary/aromatic N) is 1. The third kappa shape index (κ3) is 8.18. The Morgan fingerprint density at radius 3 is 2.60 bits per heavy atom. The third-order valence-electron chi connectivity index (χ3n) is 7.81. The number of amides is 2. The summed E-state index contributed by atoms with van der Waals surface area (Å²) in [4.78, 5) is 28.3. The summed E-state index contributed by atoms with van der Waals surface area (Å²) in [5, 5.41) is 13.2. The minimum absolute atomic E-state index is 0.0490. The van der Waals surface area contributed by atoms with E-state index in [0.29, 0.717) is 19.6 Å². The van der Waals surface area contributed by atoms with Crippen LogP contribution in [0, 0.1) is 5.41 Å². The first kappa shape index (κ1) is 31.2. The van der Waals surface area contributed by atoms with Gasteiger partial charge in [0.15, 0.2) is 0 Å². The number of likely N-dealkylation sites (tertiary alicyclic amines) is 1. The van der Waals surface area contributed by atoms with Crippen molar-refractivity contribution in [3.8, 4) is 11.3 Å². The summed E-state index contributed by atoms with van der Waals surface area (Å²) in [6.07, 6.45) is 7.38. The maximum absolute atomic E-state index is 13.9. The van der Waals surface area contributed by atoms with E-state index >= 15 is 0 Å². The molecule has 1 saturated heterocycles. The maximum Gasteiger partial charge on any atom is 0.248 e. The highest BCUT2D eigenvalue weighted by Gasteiger charge is 2.37. The molecular weight excluding hydrogens is 530 g/mol. The molecule has 2 amide bonds. The Labute approximate surface area is 248 Å². The Morgan fingerprint density at radius 2 is 1.90 bits per heavy atom. The first-order chi connectivity index (χ1) is 20.2. The maximum atomic E-state index is 13.9. The van der Waals surface area contributed by atoms with E-state index in [1.165, 1.54) is 0 Å². The van der Waals surface area contributed by atoms with Gasteiger partial charge < -0.3 is 30.2 Å². The van der Waals surface area contributed by atoms with Gasteiger partial charge in [0.1, 0.15) is 11.8 Å². The normalized spacial score (nSPS) is 18.9. The lowest BCUT2D eigenvalue weighted by Gasteiger charge is -2.32. The molecule has 224 valence electrons. The van der Waals surface area contributed by atoms with Gasteiger partial charge in [-0.3, -0.25) is 9.59 Å². The molecule has 5 atom stereocenters. The molecular formula is C34H43N3O5. The van der Waals surface area contributed by atoms with Crippen LogP contribution in [0.25, 0.3) is 11.3 Å². The minimum atomic E-state index is -0.880. The molecule has 1 fully saturated rings. The largest absolute Gasteiger partial charge is 0.464 e. The second kappa shape index (κ2) is 14.4. The quantitative estimate of drug-likeness (QED) is 0.260. The zero-order chi connectivity index (χ0) is 30.1. The Balaban J connectivity index is 1.47. The van der Waals surface area contributed by atoms with Gasteiger partial charge in [-0.2, -0.15) is 0 Å². The van der Waals surface area contributed by atoms with Crippen molar-refractivity contribution in [3.05, 3.63) is 96.3 Å². The molecule has 0 radical (unpaired) electrons. The van der Waals surface area contributed by atoms with Crippen molar-refractivity contribution in [3.63, 3.8) is 0 Å². The molecule has 42 heavy (non-hydrogen) atoms. The lowest BCUT2D eigenvalue weighted by atomic mass is 9.83. The van der Waals surface area contributed by atoms with Gasteiger partial charge >= 0.3 is 0 Å². The fourth-order valence-corrected chi connectivity index (χ4v) is 5.26. The average Bonchev–Trinajstić information content (AvgIpc) is 3.71. The van der Waals surface area contributed by atoms with E-state index in [0.717, 1.165) is 35.3 Å². The highest BCUT2D eigenvalue weighted by molar-refractivity contribution is 5.90. The summed E-state index contributed by atoms with van der Waals surface area (Å²) in [7, 11) is 0. The van der Waals surface area contributed by atoms with E-state index in [2.05, 4.69) is 11.4 Å². The molecule has 2 aromatic carbocycles. The second-order valence-electron chi connectivity index (χ2n) is 11.5. The summed E-state index contributed by atoms with van der Waals surface area (Å²) in [6, 6.07) is 19.8. The van der Waals surface area contributed by atoms with Crippen molar-refractivity contribution < 1.29 is 23.8 Å². The van der Waals surface area contributed by atoms with Gasteiger partial charge in [-0.15, -0.1) is 0 Å². The first-order valence-electron chi connectivity index (χ1n) is 14.6. The molecule has 0 unspecified atom stereocenters. The van der Waals surface area contributed by atoms with E-state index in [-0.39, 0.29) is 18.6 Å². The number of carbonyl (C=O) groups is 2. The van der Waals surface area contributed by atoms with Crippen LogP contribution in [-0.4, -0.2) is 59.2 Å². The Hall–Kier alpha value is -3.72. The molecule has 0 bridgehead atoms. The molecule has 8 heteroatoms. The van der Waals surface area contributed by atoms with E-state index in [9.17, 15) is 14.7 Å². The van der Waals surface area contributed by atoms with Crippen LogP contribution in [0.4, 0.5) is 0 Å². The van der Waals surface area contributed by atoms with Crippen LogP contribution in [0.15, 0.2) is 89.6 Å². The molecule has 8 nitrogen and oxygen atoms in total. The summed E-state index contributed by atoms with van der Waals surface area (Å²) in [6.45, 7) is 6.24. The van der Waals surface area contributed by atoms with Gasteiger partial charge in [-0.1, -0.05) is 67.6 Å². The smallest absolute Gasteiger partial charge is 0.248 e. The molecule has 2 heterocycles. The zero-order valence-corrected chi connectivity index (χ0v) is 24.7. The molecule has 1 aromatic heterocycles. The van der Waals surface area contributed by atoms with Gasteiger partial charge in [0, 0.05) is 17.5 Å². The van der Waals surface area contributed by atoms with Crippen molar-refractivity contribution in [2.24, 2.45) is 11.1 Å². The third-order valence-corrected chi connectivity index (χ3v) is 7.81. The predicted molar refractivity (Wildman–Crippen MR) is 163 cm³/mol.